The first-order valence-corrected chi connectivity index (χ1v) is 42.0. The number of alkyl halides is 3. The topological polar surface area (TPSA) is 581 Å². The number of ether oxygens (including phenoxy) is 8. The Kier molecular flexibility index (Phi) is 30.5. The van der Waals surface area contributed by atoms with Gasteiger partial charge in [-0.1, -0.05) is 61.3 Å². The predicted molar refractivity (Wildman–Crippen MR) is 451 cm³/mol. The molecular weight excluding hydrogens is 1770 g/mol. The molecule has 15 rings (SSSR count). The number of aromatic nitrogens is 1. The summed E-state index contributed by atoms with van der Waals surface area (Å²) in [6, 6.07) is 5.28. The monoisotopic (exact) mass is 1870 g/mol. The molecule has 0 saturated carbocycles. The van der Waals surface area contributed by atoms with E-state index in [1.165, 1.54) is 50.6 Å². The Balaban J connectivity index is 0.946. The van der Waals surface area contributed by atoms with Crippen LogP contribution >= 0.6 is 23.2 Å². The lowest BCUT2D eigenvalue weighted by molar-refractivity contribution is -0.334. The molecule has 0 spiro atoms. The summed E-state index contributed by atoms with van der Waals surface area (Å²) in [6.07, 6.45) is -22.4. The van der Waals surface area contributed by atoms with Crippen LogP contribution in [0.3, 0.4) is 0 Å². The molecule has 7 aromatic rings. The van der Waals surface area contributed by atoms with Gasteiger partial charge in [0.15, 0.2) is 23.9 Å². The van der Waals surface area contributed by atoms with Crippen molar-refractivity contribution in [1.29, 1.82) is 0 Å². The van der Waals surface area contributed by atoms with Gasteiger partial charge in [-0.05, 0) is 139 Å². The number of hydrogen-bond donors (Lipinski definition) is 20. The Labute approximate surface area is 754 Å². The number of pyridine rings is 1. The zero-order valence-electron chi connectivity index (χ0n) is 70.5. The molecule has 0 unspecified atom stereocenters. The lowest BCUT2D eigenvalue weighted by Gasteiger charge is -2.48. The number of anilines is 1. The fraction of sp³-hybridized carbons (Fsp3) is 0.419. The van der Waals surface area contributed by atoms with Gasteiger partial charge in [0.05, 0.1) is 66.7 Å². The average Bonchev–Trinajstić information content (AvgIpc) is 0.763. The summed E-state index contributed by atoms with van der Waals surface area (Å²) in [5, 5.41) is 130. The number of hydroxylamine groups is 1. The van der Waals surface area contributed by atoms with E-state index < -0.39 is 266 Å². The molecule has 3 fully saturated rings. The molecule has 3 saturated heterocycles. The number of primary amides is 1. The van der Waals surface area contributed by atoms with Crippen molar-refractivity contribution in [2.45, 2.75) is 169 Å². The van der Waals surface area contributed by atoms with Gasteiger partial charge in [-0.15, -0.1) is 13.2 Å². The summed E-state index contributed by atoms with van der Waals surface area (Å²) < 4.78 is 88.2. The number of fused-ring (bicyclic) bond motifs is 15. The highest BCUT2D eigenvalue weighted by atomic mass is 35.5. The van der Waals surface area contributed by atoms with Gasteiger partial charge in [0.1, 0.15) is 101 Å². The van der Waals surface area contributed by atoms with Gasteiger partial charge in [0.2, 0.25) is 53.4 Å². The van der Waals surface area contributed by atoms with Crippen LogP contribution in [-0.2, 0) is 68.7 Å². The quantitative estimate of drug-likeness (QED) is 0.0323. The minimum Gasteiger partial charge on any atom is -0.508 e. The number of aromatic hydroxyl groups is 3. The van der Waals surface area contributed by atoms with Crippen LogP contribution in [0, 0.1) is 5.92 Å². The lowest BCUT2D eigenvalue weighted by Crippen LogP contribution is -2.65. The number of likely N-dealkylation sites (N-methyl/N-ethyl adjacent to an activating group) is 1. The molecule has 11 bridgehead atoms. The minimum atomic E-state index is -5.03. The first-order chi connectivity index (χ1) is 62.2. The van der Waals surface area contributed by atoms with Crippen LogP contribution in [0.4, 0.5) is 18.9 Å². The maximum atomic E-state index is 16.4. The van der Waals surface area contributed by atoms with Gasteiger partial charge in [-0.3, -0.25) is 57.9 Å². The van der Waals surface area contributed by atoms with Gasteiger partial charge in [0, 0.05) is 79.5 Å². The van der Waals surface area contributed by atoms with Crippen LogP contribution < -0.4 is 78.0 Å². The first-order valence-electron chi connectivity index (χ1n) is 41.3. The van der Waals surface area contributed by atoms with E-state index in [4.69, 9.17) is 66.9 Å². The molecule has 8 aliphatic heterocycles. The number of aliphatic hydroxyl groups excluding tert-OH is 6. The fourth-order valence-corrected chi connectivity index (χ4v) is 16.3. The largest absolute Gasteiger partial charge is 0.573 e. The molecule has 45 heteroatoms. The molecule has 21 N–H and O–H groups in total. The van der Waals surface area contributed by atoms with E-state index in [-0.39, 0.29) is 66.4 Å². The minimum absolute atomic E-state index is 0.0476. The highest BCUT2D eigenvalue weighted by Gasteiger charge is 2.53. The van der Waals surface area contributed by atoms with E-state index in [1.54, 1.807) is 20.8 Å². The number of hydrogen-bond acceptors (Lipinski definition) is 31. The zero-order chi connectivity index (χ0) is 94.4. The Morgan fingerprint density at radius 2 is 1.40 bits per heavy atom. The van der Waals surface area contributed by atoms with Crippen LogP contribution in [0.5, 0.6) is 51.7 Å². The zero-order valence-corrected chi connectivity index (χ0v) is 72.0. The SMILES string of the molecule is CN[C@H](CC(C)C)C(=O)N[C@H]1C(=O)N[C@@H](CC(N)=O)C(=O)N[C@H]2C(=O)N[C@H]3C(=O)N[C@H](C(=O)N[C@@H](C(=O)NOCCN4CCOCC4)c4cc(O)cc(O)c4-c4cc3ccc4O)[C@H](O)c3ccc(c(Cl)c3)Oc3cc2cc(c3O[C@@H]2O[C@H](CO)[C@@H](O)[C@H](O)[C@H]2O[C@H]2C[C@](C)(NCc3cncc(C(=O)Nc4cccc(OC(F)(F)F)c4)c3)[C@H](O)[C@H](C)O2)Oc2ccc(cc2Cl)[C@H]1O. The molecular formula is C86H96Cl2F3N13O27. The molecule has 131 heavy (non-hydrogen) atoms. The van der Waals surface area contributed by atoms with Crippen LogP contribution in [0.25, 0.3) is 11.1 Å². The van der Waals surface area contributed by atoms with Crippen molar-refractivity contribution in [3.63, 3.8) is 0 Å². The van der Waals surface area contributed by atoms with Crippen molar-refractivity contribution in [1.82, 2.24) is 57.9 Å². The number of amides is 9. The number of phenolic OH excluding ortho intramolecular Hbond substituents is 3. The number of carbonyl (C=O) groups is 9. The fourth-order valence-electron chi connectivity index (χ4n) is 15.8. The highest BCUT2D eigenvalue weighted by Crippen LogP contribution is 2.50. The van der Waals surface area contributed by atoms with E-state index in [1.807, 2.05) is 4.90 Å². The summed E-state index contributed by atoms with van der Waals surface area (Å²) in [4.78, 5) is 146. The Morgan fingerprint density at radius 1 is 0.733 bits per heavy atom. The third-order valence-electron chi connectivity index (χ3n) is 22.6. The van der Waals surface area contributed by atoms with E-state index in [0.717, 1.165) is 84.9 Å². The number of nitrogens with zero attached hydrogens (tertiary/aromatic N) is 2. The Hall–Kier alpha value is -11.9. The van der Waals surface area contributed by atoms with Gasteiger partial charge in [0.25, 0.3) is 11.8 Å². The van der Waals surface area contributed by atoms with Crippen LogP contribution in [0.1, 0.15) is 121 Å². The summed E-state index contributed by atoms with van der Waals surface area (Å²) in [6.45, 7) is 7.44. The number of phenols is 3. The maximum absolute atomic E-state index is 16.4. The number of morpholine rings is 1. The normalized spacial score (nSPS) is 26.3. The number of nitrogens with two attached hydrogens (primary N) is 1. The van der Waals surface area contributed by atoms with Gasteiger partial charge >= 0.3 is 6.36 Å². The number of rotatable bonds is 23. The van der Waals surface area contributed by atoms with Crippen molar-refractivity contribution >= 4 is 82.1 Å². The number of aliphatic hydroxyl groups is 6. The predicted octanol–water partition coefficient (Wildman–Crippen LogP) is 2.78. The second-order valence-corrected chi connectivity index (χ2v) is 33.3. The number of benzene rings is 6. The second kappa shape index (κ2) is 41.3. The van der Waals surface area contributed by atoms with Crippen molar-refractivity contribution in [2.24, 2.45) is 11.7 Å². The summed E-state index contributed by atoms with van der Waals surface area (Å²) in [5.41, 5.74) is 4.08. The molecule has 18 atom stereocenters. The molecule has 702 valence electrons. The molecule has 8 aliphatic rings. The number of carbonyl (C=O) groups excluding carboxylic acids is 9. The number of halogens is 5. The molecule has 6 aromatic carbocycles. The molecule has 40 nitrogen and oxygen atoms in total. The van der Waals surface area contributed by atoms with E-state index in [0.29, 0.717) is 31.9 Å². The Morgan fingerprint density at radius 3 is 2.05 bits per heavy atom. The van der Waals surface area contributed by atoms with Crippen molar-refractivity contribution in [3.8, 4) is 62.9 Å². The smallest absolute Gasteiger partial charge is 0.508 e. The molecule has 1 aromatic heterocycles. The van der Waals surface area contributed by atoms with E-state index >= 15 is 24.0 Å². The van der Waals surface area contributed by atoms with Crippen LogP contribution in [0.15, 0.2) is 122 Å². The van der Waals surface area contributed by atoms with Crippen molar-refractivity contribution < 1.29 is 145 Å². The van der Waals surface area contributed by atoms with E-state index in [2.05, 4.69) is 63.1 Å². The molecule has 0 radical (unpaired) electrons. The standard InChI is InChI=1S/C86H96Cl2F3N13O27/c1-37(2)21-52(93-5)77(116)101-67-69(110)41-10-13-56(50(87)24-41)126-58-26-43-27-59(73(58)130-84-74(72(113)71(112)60(36-105)128-84)129-62-32-85(4,75(114)38(3)125-62)95-34-39-22-44(35-94-33-39)76(115)96-45-7-6-8-47(28-45)131-86(89,90)91)127-57-14-11-42(25-51(57)88)70(111)68-82(121)100-66(83(122)103-124-20-17-104-15-18-123-19-16-104)49-29-46(106)30-55(108)63(49)48-23-40(9-12-54(48)107)64(79(118)102-68)99-80(119)65(43)98-78(117)53(31-61(92)109)97-81(67)120/h6-14,22-30,33,35,37-38,52-53,60,62,64-72,74-75,84,93,95,105-108,110-114H,15-21,31-32,34,36H2,1-5H3,(H2,92,109)(H,96,115)(H,97,120)(H,98,117)(H,99,119)(H,100,121)(H,101,116)(H,102,118)(H,103,122)/t38-,52+,53-,60+,62-,64+,65+,66+,67+,68-,69+,70+,71+,72-,74+,75+,84-,85-/m0/s1. The van der Waals surface area contributed by atoms with Gasteiger partial charge in [-0.25, -0.2) is 5.48 Å². The first kappa shape index (κ1) is 96.7. The average molecular weight is 1870 g/mol. The van der Waals surface area contributed by atoms with Crippen molar-refractivity contribution in [3.05, 3.63) is 171 Å². The molecule has 0 aliphatic carbocycles. The maximum Gasteiger partial charge on any atom is 0.573 e. The summed E-state index contributed by atoms with van der Waals surface area (Å²) in [5.74, 6) is -17.1. The molecule has 9 amide bonds. The highest BCUT2D eigenvalue weighted by molar-refractivity contribution is 6.32. The third kappa shape index (κ3) is 22.8. The van der Waals surface area contributed by atoms with Crippen molar-refractivity contribution in [2.75, 3.05) is 58.4 Å². The van der Waals surface area contributed by atoms with Crippen LogP contribution in [0.2, 0.25) is 10.0 Å². The van der Waals surface area contributed by atoms with Gasteiger partial charge < -0.3 is 137 Å². The third-order valence-corrected chi connectivity index (χ3v) is 23.2. The second-order valence-electron chi connectivity index (χ2n) is 32.5. The number of nitrogens with one attached hydrogen (secondary N) is 10. The lowest BCUT2D eigenvalue weighted by atomic mass is 9.84. The van der Waals surface area contributed by atoms with E-state index in [9.17, 15) is 78.3 Å². The van der Waals surface area contributed by atoms with Gasteiger partial charge in [-0.2, -0.15) is 0 Å². The molecule has 9 heterocycles. The summed E-state index contributed by atoms with van der Waals surface area (Å²) in [7, 11) is 1.46. The summed E-state index contributed by atoms with van der Waals surface area (Å²) >= 11 is 14.4. The Bertz CT molecular complexity index is 5460. The van der Waals surface area contributed by atoms with Crippen LogP contribution in [-0.4, -0.2) is 247 Å².